The van der Waals surface area contributed by atoms with Gasteiger partial charge in [0.05, 0.1) is 23.9 Å². The van der Waals surface area contributed by atoms with Gasteiger partial charge in [-0.1, -0.05) is 22.5 Å². The topological polar surface area (TPSA) is 79.6 Å². The van der Waals surface area contributed by atoms with Gasteiger partial charge in [-0.3, -0.25) is 19.3 Å². The molecule has 0 saturated carbocycles. The van der Waals surface area contributed by atoms with E-state index in [1.165, 1.54) is 24.5 Å². The number of nitrogens with zero attached hydrogens (tertiary/aromatic N) is 1. The highest BCUT2D eigenvalue weighted by atomic mass is 79.9. The molecule has 1 aliphatic heterocycles. The predicted octanol–water partition coefficient (Wildman–Crippen LogP) is 2.71. The molecular formula is C17H13BrN2O4. The van der Waals surface area contributed by atoms with E-state index < -0.39 is 11.8 Å². The molecule has 1 aliphatic rings. The highest BCUT2D eigenvalue weighted by Gasteiger charge is 2.36. The molecule has 122 valence electrons. The molecule has 3 rings (SSSR count). The standard InChI is InChI=1S/C17H13BrN2O4/c1-10(18)8-19-15(21)11-4-5-13-14(7-11)17(23)20(16(13)22)9-12-3-2-6-24-12/h2-7H,1,8-9H2,(H,19,21). The van der Waals surface area contributed by atoms with Crippen LogP contribution in [0.2, 0.25) is 0 Å². The van der Waals surface area contributed by atoms with Gasteiger partial charge in [0.25, 0.3) is 17.7 Å². The van der Waals surface area contributed by atoms with Gasteiger partial charge < -0.3 is 9.73 Å². The van der Waals surface area contributed by atoms with Crippen molar-refractivity contribution < 1.29 is 18.8 Å². The number of nitrogens with one attached hydrogen (secondary N) is 1. The minimum atomic E-state index is -0.439. The number of rotatable bonds is 5. The Balaban J connectivity index is 1.83. The average molecular weight is 389 g/mol. The minimum absolute atomic E-state index is 0.0598. The van der Waals surface area contributed by atoms with Crippen LogP contribution in [-0.2, 0) is 6.54 Å². The zero-order chi connectivity index (χ0) is 17.3. The van der Waals surface area contributed by atoms with Crippen LogP contribution in [0.5, 0.6) is 0 Å². The number of carbonyl (C=O) groups is 3. The maximum absolute atomic E-state index is 12.5. The van der Waals surface area contributed by atoms with Gasteiger partial charge in [0.1, 0.15) is 5.76 Å². The zero-order valence-corrected chi connectivity index (χ0v) is 14.1. The lowest BCUT2D eigenvalue weighted by Gasteiger charge is -2.11. The van der Waals surface area contributed by atoms with Gasteiger partial charge in [0.2, 0.25) is 0 Å². The highest BCUT2D eigenvalue weighted by molar-refractivity contribution is 9.11. The Labute approximate surface area is 146 Å². The van der Waals surface area contributed by atoms with E-state index in [0.29, 0.717) is 15.8 Å². The normalized spacial score (nSPS) is 13.1. The van der Waals surface area contributed by atoms with Crippen molar-refractivity contribution in [3.8, 4) is 0 Å². The summed E-state index contributed by atoms with van der Waals surface area (Å²) in [6.07, 6.45) is 1.48. The van der Waals surface area contributed by atoms with Crippen molar-refractivity contribution in [2.24, 2.45) is 0 Å². The summed E-state index contributed by atoms with van der Waals surface area (Å²) >= 11 is 3.16. The van der Waals surface area contributed by atoms with Crippen molar-refractivity contribution in [2.75, 3.05) is 6.54 Å². The fourth-order valence-corrected chi connectivity index (χ4v) is 2.55. The van der Waals surface area contributed by atoms with E-state index in [1.54, 1.807) is 12.1 Å². The maximum Gasteiger partial charge on any atom is 0.261 e. The number of hydrogen-bond acceptors (Lipinski definition) is 4. The molecule has 0 bridgehead atoms. The fourth-order valence-electron chi connectivity index (χ4n) is 2.41. The fraction of sp³-hybridized carbons (Fsp3) is 0.118. The number of furan rings is 1. The summed E-state index contributed by atoms with van der Waals surface area (Å²) in [5, 5.41) is 2.65. The lowest BCUT2D eigenvalue weighted by Crippen LogP contribution is -2.28. The molecule has 0 aliphatic carbocycles. The van der Waals surface area contributed by atoms with Crippen LogP contribution < -0.4 is 5.32 Å². The minimum Gasteiger partial charge on any atom is -0.467 e. The summed E-state index contributed by atoms with van der Waals surface area (Å²) in [6, 6.07) is 7.83. The molecule has 7 heteroatoms. The SMILES string of the molecule is C=C(Br)CNC(=O)c1ccc2c(c1)C(=O)N(Cc1ccco1)C2=O. The van der Waals surface area contributed by atoms with E-state index in [4.69, 9.17) is 4.42 Å². The summed E-state index contributed by atoms with van der Waals surface area (Å²) in [7, 11) is 0. The molecule has 0 fully saturated rings. The van der Waals surface area contributed by atoms with Crippen LogP contribution in [0.1, 0.15) is 36.8 Å². The molecule has 0 atom stereocenters. The Morgan fingerprint density at radius 1 is 1.21 bits per heavy atom. The van der Waals surface area contributed by atoms with E-state index in [2.05, 4.69) is 27.8 Å². The van der Waals surface area contributed by atoms with Gasteiger partial charge in [-0.15, -0.1) is 0 Å². The number of halogens is 1. The molecule has 3 amide bonds. The van der Waals surface area contributed by atoms with Crippen molar-refractivity contribution in [3.05, 3.63) is 70.1 Å². The van der Waals surface area contributed by atoms with Crippen LogP contribution in [0.15, 0.2) is 52.1 Å². The van der Waals surface area contributed by atoms with Crippen molar-refractivity contribution in [2.45, 2.75) is 6.54 Å². The second-order valence-corrected chi connectivity index (χ2v) is 6.36. The lowest BCUT2D eigenvalue weighted by molar-refractivity contribution is 0.0631. The van der Waals surface area contributed by atoms with Gasteiger partial charge in [-0.2, -0.15) is 0 Å². The van der Waals surface area contributed by atoms with Crippen LogP contribution in [0, 0.1) is 0 Å². The number of benzene rings is 1. The first-order valence-electron chi connectivity index (χ1n) is 7.11. The van der Waals surface area contributed by atoms with E-state index >= 15 is 0 Å². The monoisotopic (exact) mass is 388 g/mol. The van der Waals surface area contributed by atoms with Gasteiger partial charge >= 0.3 is 0 Å². The van der Waals surface area contributed by atoms with Crippen LogP contribution in [0.25, 0.3) is 0 Å². The number of hydrogen-bond donors (Lipinski definition) is 1. The number of fused-ring (bicyclic) bond motifs is 1. The summed E-state index contributed by atoms with van der Waals surface area (Å²) < 4.78 is 5.82. The lowest BCUT2D eigenvalue weighted by atomic mass is 10.1. The van der Waals surface area contributed by atoms with E-state index in [1.807, 2.05) is 0 Å². The third-order valence-corrected chi connectivity index (χ3v) is 3.85. The number of amides is 3. The number of carbonyl (C=O) groups excluding carboxylic acids is 3. The first-order valence-corrected chi connectivity index (χ1v) is 7.91. The summed E-state index contributed by atoms with van der Waals surface area (Å²) in [4.78, 5) is 38.0. The molecule has 0 unspecified atom stereocenters. The van der Waals surface area contributed by atoms with E-state index in [-0.39, 0.29) is 30.1 Å². The molecule has 0 saturated heterocycles. The smallest absolute Gasteiger partial charge is 0.261 e. The summed E-state index contributed by atoms with van der Waals surface area (Å²) in [5.74, 6) is -0.667. The molecule has 6 nitrogen and oxygen atoms in total. The van der Waals surface area contributed by atoms with Crippen molar-refractivity contribution >= 4 is 33.7 Å². The van der Waals surface area contributed by atoms with Crippen LogP contribution >= 0.6 is 15.9 Å². The Kier molecular flexibility index (Phi) is 4.35. The highest BCUT2D eigenvalue weighted by Crippen LogP contribution is 2.25. The van der Waals surface area contributed by atoms with Crippen LogP contribution in [0.4, 0.5) is 0 Å². The third-order valence-electron chi connectivity index (χ3n) is 3.57. The molecular weight excluding hydrogens is 376 g/mol. The van der Waals surface area contributed by atoms with E-state index in [0.717, 1.165) is 4.90 Å². The molecule has 2 aromatic rings. The second kappa shape index (κ2) is 6.45. The van der Waals surface area contributed by atoms with Crippen molar-refractivity contribution in [1.82, 2.24) is 10.2 Å². The maximum atomic E-state index is 12.5. The third kappa shape index (κ3) is 3.03. The predicted molar refractivity (Wildman–Crippen MR) is 89.8 cm³/mol. The largest absolute Gasteiger partial charge is 0.467 e. The quantitative estimate of drug-likeness (QED) is 0.798. The van der Waals surface area contributed by atoms with Gasteiger partial charge in [0, 0.05) is 16.6 Å². The first kappa shape index (κ1) is 16.2. The first-order chi connectivity index (χ1) is 11.5. The molecule has 2 heterocycles. The Bertz CT molecular complexity index is 842. The number of imide groups is 1. The summed E-state index contributed by atoms with van der Waals surface area (Å²) in [5.41, 5.74) is 0.813. The van der Waals surface area contributed by atoms with Crippen molar-refractivity contribution in [3.63, 3.8) is 0 Å². The van der Waals surface area contributed by atoms with Gasteiger partial charge in [-0.25, -0.2) is 0 Å². The molecule has 24 heavy (non-hydrogen) atoms. The van der Waals surface area contributed by atoms with Crippen LogP contribution in [-0.4, -0.2) is 29.2 Å². The Morgan fingerprint density at radius 3 is 2.62 bits per heavy atom. The Hall–Kier alpha value is -2.67. The summed E-state index contributed by atoms with van der Waals surface area (Å²) in [6.45, 7) is 3.96. The average Bonchev–Trinajstić information content (AvgIpc) is 3.15. The second-order valence-electron chi connectivity index (χ2n) is 5.24. The van der Waals surface area contributed by atoms with Gasteiger partial charge in [0.15, 0.2) is 0 Å². The zero-order valence-electron chi connectivity index (χ0n) is 12.5. The van der Waals surface area contributed by atoms with Crippen LogP contribution in [0.3, 0.4) is 0 Å². The Morgan fingerprint density at radius 2 is 1.96 bits per heavy atom. The molecule has 0 spiro atoms. The van der Waals surface area contributed by atoms with Gasteiger partial charge in [-0.05, 0) is 30.3 Å². The molecule has 1 aromatic carbocycles. The van der Waals surface area contributed by atoms with E-state index in [9.17, 15) is 14.4 Å². The molecule has 1 aromatic heterocycles. The van der Waals surface area contributed by atoms with Crippen molar-refractivity contribution in [1.29, 1.82) is 0 Å². The molecule has 0 radical (unpaired) electrons. The molecule has 1 N–H and O–H groups in total.